The number of piperidine rings is 1. The summed E-state index contributed by atoms with van der Waals surface area (Å²) in [7, 11) is 2.06. The van der Waals surface area contributed by atoms with Crippen molar-refractivity contribution in [2.45, 2.75) is 38.8 Å². The Morgan fingerprint density at radius 3 is 2.86 bits per heavy atom. The maximum absolute atomic E-state index is 5.38. The summed E-state index contributed by atoms with van der Waals surface area (Å²) in [5, 5.41) is 3.36. The highest BCUT2D eigenvalue weighted by atomic mass is 16.5. The van der Waals surface area contributed by atoms with Gasteiger partial charge in [-0.05, 0) is 40.3 Å². The Morgan fingerprint density at radius 1 is 1.50 bits per heavy atom. The smallest absolute Gasteiger partial charge is 0.0593 e. The van der Waals surface area contributed by atoms with Crippen LogP contribution < -0.4 is 5.32 Å². The zero-order chi connectivity index (χ0) is 10.4. The van der Waals surface area contributed by atoms with Gasteiger partial charge in [-0.3, -0.25) is 4.90 Å². The minimum Gasteiger partial charge on any atom is -0.380 e. The Hall–Kier alpha value is -0.120. The van der Waals surface area contributed by atoms with Crippen LogP contribution in [-0.2, 0) is 4.74 Å². The second kappa shape index (κ2) is 6.38. The van der Waals surface area contributed by atoms with Crippen LogP contribution in [-0.4, -0.2) is 50.3 Å². The molecule has 1 fully saturated rings. The molecule has 1 aliphatic heterocycles. The van der Waals surface area contributed by atoms with E-state index in [1.54, 1.807) is 0 Å². The van der Waals surface area contributed by atoms with Gasteiger partial charge < -0.3 is 10.1 Å². The number of nitrogens with one attached hydrogen (secondary N) is 1. The zero-order valence-corrected chi connectivity index (χ0v) is 9.75. The Morgan fingerprint density at radius 2 is 2.29 bits per heavy atom. The molecule has 0 aromatic heterocycles. The molecule has 0 amide bonds. The quantitative estimate of drug-likeness (QED) is 0.673. The molecule has 1 aliphatic rings. The average Bonchev–Trinajstić information content (AvgIpc) is 2.20. The third-order valence-corrected chi connectivity index (χ3v) is 3.15. The van der Waals surface area contributed by atoms with Crippen LogP contribution in [0.5, 0.6) is 0 Å². The Labute approximate surface area is 87.8 Å². The van der Waals surface area contributed by atoms with Crippen molar-refractivity contribution in [3.8, 4) is 0 Å². The van der Waals surface area contributed by atoms with Crippen LogP contribution in [0.1, 0.15) is 26.7 Å². The molecular formula is C11H24N2O. The lowest BCUT2D eigenvalue weighted by Crippen LogP contribution is -2.47. The topological polar surface area (TPSA) is 24.5 Å². The first-order valence-electron chi connectivity index (χ1n) is 5.77. The third-order valence-electron chi connectivity index (χ3n) is 3.15. The van der Waals surface area contributed by atoms with E-state index in [1.807, 2.05) is 0 Å². The number of hydrogen-bond donors (Lipinski definition) is 1. The average molecular weight is 200 g/mol. The van der Waals surface area contributed by atoms with Gasteiger partial charge in [0.05, 0.1) is 6.61 Å². The lowest BCUT2D eigenvalue weighted by molar-refractivity contribution is 0.0751. The van der Waals surface area contributed by atoms with Crippen LogP contribution in [0.2, 0.25) is 0 Å². The fraction of sp³-hybridized carbons (Fsp3) is 1.00. The van der Waals surface area contributed by atoms with E-state index in [0.717, 1.165) is 19.8 Å². The molecule has 0 saturated carbocycles. The number of likely N-dealkylation sites (tertiary alicyclic amines) is 1. The molecule has 1 saturated heterocycles. The molecule has 0 aromatic rings. The first kappa shape index (κ1) is 12.0. The van der Waals surface area contributed by atoms with E-state index in [0.29, 0.717) is 12.1 Å². The Kier molecular flexibility index (Phi) is 5.45. The van der Waals surface area contributed by atoms with Crippen molar-refractivity contribution in [2.75, 3.05) is 33.4 Å². The Balaban J connectivity index is 2.20. The van der Waals surface area contributed by atoms with E-state index in [-0.39, 0.29) is 0 Å². The van der Waals surface area contributed by atoms with E-state index in [4.69, 9.17) is 4.74 Å². The van der Waals surface area contributed by atoms with Crippen molar-refractivity contribution in [3.63, 3.8) is 0 Å². The van der Waals surface area contributed by atoms with Gasteiger partial charge in [0.25, 0.3) is 0 Å². The summed E-state index contributed by atoms with van der Waals surface area (Å²) >= 11 is 0. The summed E-state index contributed by atoms with van der Waals surface area (Å²) in [6, 6.07) is 1.41. The fourth-order valence-electron chi connectivity index (χ4n) is 2.14. The predicted octanol–water partition coefficient (Wildman–Crippen LogP) is 1.10. The van der Waals surface area contributed by atoms with E-state index < -0.39 is 0 Å². The van der Waals surface area contributed by atoms with Gasteiger partial charge in [0.15, 0.2) is 0 Å². The van der Waals surface area contributed by atoms with Crippen molar-refractivity contribution in [1.82, 2.24) is 10.2 Å². The van der Waals surface area contributed by atoms with Crippen LogP contribution in [0.25, 0.3) is 0 Å². The van der Waals surface area contributed by atoms with Gasteiger partial charge in [0.2, 0.25) is 0 Å². The highest BCUT2D eigenvalue weighted by Gasteiger charge is 2.23. The molecule has 0 spiro atoms. The minimum absolute atomic E-state index is 0.696. The number of rotatable bonds is 5. The fourth-order valence-corrected chi connectivity index (χ4v) is 2.14. The maximum atomic E-state index is 5.38. The Bertz CT molecular complexity index is 150. The molecule has 1 N–H and O–H groups in total. The zero-order valence-electron chi connectivity index (χ0n) is 9.75. The number of hydrogen-bond acceptors (Lipinski definition) is 3. The molecular weight excluding hydrogens is 176 g/mol. The second-order valence-corrected chi connectivity index (χ2v) is 4.09. The summed E-state index contributed by atoms with van der Waals surface area (Å²) in [5.74, 6) is 0. The summed E-state index contributed by atoms with van der Waals surface area (Å²) in [6.07, 6.45) is 2.54. The van der Waals surface area contributed by atoms with Gasteiger partial charge in [-0.2, -0.15) is 0 Å². The molecule has 84 valence electrons. The van der Waals surface area contributed by atoms with Gasteiger partial charge in [0.1, 0.15) is 0 Å². The predicted molar refractivity (Wildman–Crippen MR) is 59.6 cm³/mol. The van der Waals surface area contributed by atoms with Crippen LogP contribution in [0, 0.1) is 0 Å². The summed E-state index contributed by atoms with van der Waals surface area (Å²) in [4.78, 5) is 2.53. The van der Waals surface area contributed by atoms with Gasteiger partial charge in [-0.15, -0.1) is 0 Å². The standard InChI is InChI=1S/C11H24N2O/c1-4-14-8-7-13-6-5-11(12-3)9-10(13)2/h10-12H,4-9H2,1-3H3. The number of ether oxygens (including phenoxy) is 1. The lowest BCUT2D eigenvalue weighted by Gasteiger charge is -2.37. The normalized spacial score (nSPS) is 29.4. The SMILES string of the molecule is CCOCCN1CCC(NC)CC1C. The molecule has 1 heterocycles. The van der Waals surface area contributed by atoms with Crippen molar-refractivity contribution in [1.29, 1.82) is 0 Å². The van der Waals surface area contributed by atoms with Crippen molar-refractivity contribution in [3.05, 3.63) is 0 Å². The minimum atomic E-state index is 0.696. The molecule has 3 nitrogen and oxygen atoms in total. The van der Waals surface area contributed by atoms with Crippen LogP contribution in [0.15, 0.2) is 0 Å². The lowest BCUT2D eigenvalue weighted by atomic mass is 9.99. The molecule has 2 unspecified atom stereocenters. The van der Waals surface area contributed by atoms with Crippen molar-refractivity contribution >= 4 is 0 Å². The van der Waals surface area contributed by atoms with Gasteiger partial charge >= 0.3 is 0 Å². The molecule has 14 heavy (non-hydrogen) atoms. The van der Waals surface area contributed by atoms with Crippen LogP contribution in [0.3, 0.4) is 0 Å². The third kappa shape index (κ3) is 3.56. The largest absolute Gasteiger partial charge is 0.380 e. The maximum Gasteiger partial charge on any atom is 0.0593 e. The van der Waals surface area contributed by atoms with Crippen molar-refractivity contribution in [2.24, 2.45) is 0 Å². The van der Waals surface area contributed by atoms with E-state index >= 15 is 0 Å². The monoisotopic (exact) mass is 200 g/mol. The molecule has 0 aliphatic carbocycles. The first-order chi connectivity index (χ1) is 6.77. The van der Waals surface area contributed by atoms with Gasteiger partial charge in [0, 0.05) is 25.2 Å². The molecule has 0 radical (unpaired) electrons. The second-order valence-electron chi connectivity index (χ2n) is 4.09. The highest BCUT2D eigenvalue weighted by Crippen LogP contribution is 2.16. The van der Waals surface area contributed by atoms with E-state index in [1.165, 1.54) is 19.4 Å². The van der Waals surface area contributed by atoms with E-state index in [9.17, 15) is 0 Å². The van der Waals surface area contributed by atoms with Crippen LogP contribution >= 0.6 is 0 Å². The summed E-state index contributed by atoms with van der Waals surface area (Å²) in [6.45, 7) is 8.38. The van der Waals surface area contributed by atoms with Crippen molar-refractivity contribution < 1.29 is 4.74 Å². The molecule has 3 heteroatoms. The number of nitrogens with zero attached hydrogens (tertiary/aromatic N) is 1. The van der Waals surface area contributed by atoms with Gasteiger partial charge in [-0.25, -0.2) is 0 Å². The molecule has 2 atom stereocenters. The van der Waals surface area contributed by atoms with E-state index in [2.05, 4.69) is 31.1 Å². The first-order valence-corrected chi connectivity index (χ1v) is 5.77. The highest BCUT2D eigenvalue weighted by molar-refractivity contribution is 4.81. The molecule has 1 rings (SSSR count). The van der Waals surface area contributed by atoms with Gasteiger partial charge in [-0.1, -0.05) is 0 Å². The molecule has 0 aromatic carbocycles. The summed E-state index contributed by atoms with van der Waals surface area (Å²) in [5.41, 5.74) is 0. The van der Waals surface area contributed by atoms with Crippen LogP contribution in [0.4, 0.5) is 0 Å². The molecule has 0 bridgehead atoms. The summed E-state index contributed by atoms with van der Waals surface area (Å²) < 4.78 is 5.38.